The molecule has 0 rings (SSSR count). The molecule has 0 aromatic heterocycles. The second-order valence-corrected chi connectivity index (χ2v) is 0. The average molecular weight is 768 g/mol. The second-order valence-electron chi connectivity index (χ2n) is 0. The first-order valence-corrected chi connectivity index (χ1v) is 0. The molecule has 0 spiro atoms. The van der Waals surface area contributed by atoms with E-state index in [2.05, 4.69) is 0 Å². The molecule has 0 atom stereocenters. The third-order valence-electron chi connectivity index (χ3n) is 0. The molecule has 0 saturated carbocycles. The van der Waals surface area contributed by atoms with Crippen LogP contribution in [0.2, 0.25) is 0 Å². The van der Waals surface area contributed by atoms with Crippen LogP contribution in [0.4, 0.5) is 0 Å². The summed E-state index contributed by atoms with van der Waals surface area (Å²) >= 11 is 0. The van der Waals surface area contributed by atoms with Crippen LogP contribution in [0.25, 0.3) is 0 Å². The Morgan fingerprint density at radius 3 is 0.0588 bits per heavy atom. The quantitative estimate of drug-likeness (QED) is 0.208. The van der Waals surface area contributed by atoms with Crippen molar-refractivity contribution in [3.05, 3.63) is 0 Å². The summed E-state index contributed by atoms with van der Waals surface area (Å²) in [6.45, 7) is 0. The Balaban J connectivity index is 0. The van der Waals surface area contributed by atoms with Crippen LogP contribution in [0.15, 0.2) is 0 Å². The second kappa shape index (κ2) is 296. The molecule has 0 saturated heterocycles. The fourth-order valence-electron chi connectivity index (χ4n) is 0. The molecular weight excluding hydrogens is 726 g/mol. The molecular formula is H42Na26O8. The fourth-order valence-corrected chi connectivity index (χ4v) is 0. The molecule has 0 radical (unpaired) electrons. The van der Waals surface area contributed by atoms with Gasteiger partial charge < -0.3 is 43.8 Å². The van der Waals surface area contributed by atoms with Gasteiger partial charge in [0.2, 0.25) is 0 Å². The maximum absolute atomic E-state index is 0. The first-order valence-electron chi connectivity index (χ1n) is 0. The summed E-state index contributed by atoms with van der Waals surface area (Å²) < 4.78 is 0. The Morgan fingerprint density at radius 2 is 0.0588 bits per heavy atom. The molecule has 0 unspecified atom stereocenters. The zero-order valence-electron chi connectivity index (χ0n) is 4.00. The standard InChI is InChI=1S/26Na.8H2O.26H/h;;;;;;;;;;;;;;;;;;;;;;;;;;8*1H2;;;;;;;;;;;;;;;;;;;;;;;;;;. The summed E-state index contributed by atoms with van der Waals surface area (Å²) in [5.41, 5.74) is 0. The van der Waals surface area contributed by atoms with Gasteiger partial charge in [0.25, 0.3) is 0 Å². The fraction of sp³-hybridized carbons (Fsp3) is 0. The predicted octanol–water partition coefficient (Wildman–Crippen LogP) is -23.5. The van der Waals surface area contributed by atoms with Crippen molar-refractivity contribution in [3.63, 3.8) is 0 Å². The van der Waals surface area contributed by atoms with E-state index >= 15 is 0 Å². The normalized spacial score (nSPS) is 0. The topological polar surface area (TPSA) is 252 Å². The van der Waals surface area contributed by atoms with E-state index in [1.54, 1.807) is 0 Å². The van der Waals surface area contributed by atoms with Gasteiger partial charge >= 0.3 is 768 Å². The number of rotatable bonds is 0. The van der Waals surface area contributed by atoms with E-state index in [4.69, 9.17) is 0 Å². The van der Waals surface area contributed by atoms with E-state index in [1.165, 1.54) is 0 Å². The summed E-state index contributed by atoms with van der Waals surface area (Å²) in [5.74, 6) is 0. The summed E-state index contributed by atoms with van der Waals surface area (Å²) in [6, 6.07) is 0. The van der Waals surface area contributed by atoms with Crippen LogP contribution in [0.3, 0.4) is 0 Å². The van der Waals surface area contributed by atoms with Gasteiger partial charge in [-0.05, 0) is 0 Å². The molecule has 16 N–H and O–H groups in total. The van der Waals surface area contributed by atoms with Crippen molar-refractivity contribution < 1.29 is 43.8 Å². The molecule has 0 bridgehead atoms. The Labute approximate surface area is 784 Å². The van der Waals surface area contributed by atoms with Crippen LogP contribution >= 0.6 is 0 Å². The van der Waals surface area contributed by atoms with E-state index in [1.807, 2.05) is 0 Å². The zero-order valence-corrected chi connectivity index (χ0v) is 4.00. The monoisotopic (exact) mass is 768 g/mol. The van der Waals surface area contributed by atoms with Crippen LogP contribution in [0.1, 0.15) is 0 Å². The van der Waals surface area contributed by atoms with Crippen molar-refractivity contribution in [1.29, 1.82) is 0 Å². The van der Waals surface area contributed by atoms with Crippen molar-refractivity contribution in [2.45, 2.75) is 0 Å². The Bertz CT molecular complexity index is 26.8. The van der Waals surface area contributed by atoms with E-state index in [0.29, 0.717) is 0 Å². The van der Waals surface area contributed by atoms with Gasteiger partial charge in [0, 0.05) is 0 Å². The SMILES string of the molecule is O.O.O.O.O.O.O.O.[NaH].[NaH].[NaH].[NaH].[NaH].[NaH].[NaH].[NaH].[NaH].[NaH].[NaH].[NaH].[NaH].[NaH].[NaH].[NaH].[NaH].[NaH].[NaH].[NaH].[NaH].[NaH].[NaH].[NaH].[NaH].[NaH]. The Hall–Kier alpha value is 25.7. The van der Waals surface area contributed by atoms with Gasteiger partial charge in [-0.15, -0.1) is 0 Å². The molecule has 0 aromatic carbocycles. The van der Waals surface area contributed by atoms with Crippen LogP contribution in [-0.2, 0) is 0 Å². The molecule has 0 aliphatic heterocycles. The van der Waals surface area contributed by atoms with Crippen molar-refractivity contribution >= 4 is 768 Å². The van der Waals surface area contributed by atoms with E-state index < -0.39 is 0 Å². The van der Waals surface area contributed by atoms with Gasteiger partial charge in [-0.3, -0.25) is 0 Å². The molecule has 0 aliphatic rings. The van der Waals surface area contributed by atoms with Crippen molar-refractivity contribution in [2.75, 3.05) is 0 Å². The van der Waals surface area contributed by atoms with Gasteiger partial charge in [-0.25, -0.2) is 0 Å². The number of hydrogen-bond acceptors (Lipinski definition) is 0. The van der Waals surface area contributed by atoms with Gasteiger partial charge in [-0.2, -0.15) is 0 Å². The Morgan fingerprint density at radius 1 is 0.0588 bits per heavy atom. The van der Waals surface area contributed by atoms with Crippen molar-refractivity contribution in [2.24, 2.45) is 0 Å². The van der Waals surface area contributed by atoms with Crippen LogP contribution in [-0.4, -0.2) is 812 Å². The first-order chi connectivity index (χ1) is 0. The molecule has 0 heterocycles. The summed E-state index contributed by atoms with van der Waals surface area (Å²) in [7, 11) is 0. The van der Waals surface area contributed by atoms with E-state index in [0.717, 1.165) is 0 Å². The average Bonchev–Trinajstić information content (AvgIpc) is 0. The minimum atomic E-state index is 0. The molecule has 0 fully saturated rings. The summed E-state index contributed by atoms with van der Waals surface area (Å²) in [6.07, 6.45) is 0. The van der Waals surface area contributed by atoms with Crippen molar-refractivity contribution in [1.82, 2.24) is 0 Å². The van der Waals surface area contributed by atoms with E-state index in [9.17, 15) is 0 Å². The van der Waals surface area contributed by atoms with Crippen LogP contribution in [0.5, 0.6) is 0 Å². The molecule has 0 amide bonds. The third-order valence-corrected chi connectivity index (χ3v) is 0. The summed E-state index contributed by atoms with van der Waals surface area (Å²) in [5, 5.41) is 0. The van der Waals surface area contributed by atoms with E-state index in [-0.39, 0.29) is 812 Å². The van der Waals surface area contributed by atoms with Gasteiger partial charge in [0.15, 0.2) is 0 Å². The minimum absolute atomic E-state index is 0. The van der Waals surface area contributed by atoms with Crippen LogP contribution in [0, 0.1) is 0 Å². The third kappa shape index (κ3) is 281. The maximum atomic E-state index is 0. The molecule has 0 aromatic rings. The predicted molar refractivity (Wildman–Crippen MR) is 215 cm³/mol. The Kier molecular flexibility index (Phi) is 2710. The van der Waals surface area contributed by atoms with Crippen LogP contribution < -0.4 is 0 Å². The number of hydrogen-bond donors (Lipinski definition) is 0. The molecule has 34 heteroatoms. The molecule has 116 valence electrons. The summed E-state index contributed by atoms with van der Waals surface area (Å²) in [4.78, 5) is 0. The van der Waals surface area contributed by atoms with Crippen molar-refractivity contribution in [3.8, 4) is 0 Å². The van der Waals surface area contributed by atoms with Gasteiger partial charge in [-0.1, -0.05) is 0 Å². The molecule has 34 heavy (non-hydrogen) atoms. The van der Waals surface area contributed by atoms with Gasteiger partial charge in [0.05, 0.1) is 0 Å². The first kappa shape index (κ1) is 312. The molecule has 8 nitrogen and oxygen atoms in total. The molecule has 0 aliphatic carbocycles. The van der Waals surface area contributed by atoms with Gasteiger partial charge in [0.1, 0.15) is 0 Å². The zero-order chi connectivity index (χ0) is 0.